The normalized spacial score (nSPS) is 10.9. The van der Waals surface area contributed by atoms with E-state index in [0.29, 0.717) is 22.0 Å². The molecule has 1 N–H and O–H groups in total. The average Bonchev–Trinajstić information content (AvgIpc) is 3.13. The fourth-order valence-corrected chi connectivity index (χ4v) is 3.98. The summed E-state index contributed by atoms with van der Waals surface area (Å²) in [4.78, 5) is 23.7. The van der Waals surface area contributed by atoms with Crippen LogP contribution in [-0.2, 0) is 0 Å². The van der Waals surface area contributed by atoms with Gasteiger partial charge in [-0.3, -0.25) is 15.1 Å². The first-order valence-electron chi connectivity index (χ1n) is 9.38. The summed E-state index contributed by atoms with van der Waals surface area (Å²) in [5.41, 5.74) is 6.39. The number of aryl methyl sites for hydroxylation is 2. The van der Waals surface area contributed by atoms with E-state index in [4.69, 9.17) is 16.6 Å². The molecule has 4 rings (SSSR count). The molecule has 0 spiro atoms. The SMILES string of the molecule is Cc1cc(C)c([N+](=O)[O-])c(C)c1-c1nc(-c2ccc(Cl)cc2)c(-c2ccncc2)[nH]1. The highest BCUT2D eigenvalue weighted by Gasteiger charge is 2.24. The van der Waals surface area contributed by atoms with E-state index in [9.17, 15) is 10.1 Å². The molecule has 0 saturated carbocycles. The largest absolute Gasteiger partial charge is 0.337 e. The standard InChI is InChI=1S/C23H19ClN4O2/c1-13-12-14(2)22(28(29)30)15(3)19(13)23-26-20(16-4-6-18(24)7-5-16)21(27-23)17-8-10-25-11-9-17/h4-12H,1-3H3,(H,26,27). The predicted molar refractivity (Wildman–Crippen MR) is 119 cm³/mol. The van der Waals surface area contributed by atoms with Gasteiger partial charge in [0.25, 0.3) is 5.69 Å². The van der Waals surface area contributed by atoms with Crippen molar-refractivity contribution in [1.29, 1.82) is 0 Å². The molecule has 2 aromatic carbocycles. The van der Waals surface area contributed by atoms with Gasteiger partial charge in [-0.2, -0.15) is 0 Å². The Labute approximate surface area is 178 Å². The molecule has 30 heavy (non-hydrogen) atoms. The molecule has 0 radical (unpaired) electrons. The van der Waals surface area contributed by atoms with Crippen molar-refractivity contribution in [1.82, 2.24) is 15.0 Å². The number of rotatable bonds is 4. The lowest BCUT2D eigenvalue weighted by molar-refractivity contribution is -0.386. The average molecular weight is 419 g/mol. The Bertz CT molecular complexity index is 1250. The summed E-state index contributed by atoms with van der Waals surface area (Å²) in [7, 11) is 0. The molecule has 4 aromatic rings. The Hall–Kier alpha value is -3.51. The van der Waals surface area contributed by atoms with Crippen molar-refractivity contribution in [2.45, 2.75) is 20.8 Å². The highest BCUT2D eigenvalue weighted by Crippen LogP contribution is 2.38. The second kappa shape index (κ2) is 7.72. The minimum Gasteiger partial charge on any atom is -0.337 e. The van der Waals surface area contributed by atoms with E-state index in [0.717, 1.165) is 33.6 Å². The van der Waals surface area contributed by atoms with Crippen LogP contribution in [0.2, 0.25) is 5.02 Å². The van der Waals surface area contributed by atoms with Gasteiger partial charge in [-0.25, -0.2) is 4.98 Å². The number of hydrogen-bond acceptors (Lipinski definition) is 4. The summed E-state index contributed by atoms with van der Waals surface area (Å²) in [5.74, 6) is 0.588. The van der Waals surface area contributed by atoms with E-state index in [2.05, 4.69) is 9.97 Å². The second-order valence-electron chi connectivity index (χ2n) is 7.17. The monoisotopic (exact) mass is 418 g/mol. The molecule has 0 aliphatic heterocycles. The molecule has 150 valence electrons. The van der Waals surface area contributed by atoms with E-state index in [1.807, 2.05) is 49.4 Å². The summed E-state index contributed by atoms with van der Waals surface area (Å²) in [6.45, 7) is 5.46. The maximum Gasteiger partial charge on any atom is 0.275 e. The van der Waals surface area contributed by atoms with Crippen LogP contribution in [0.15, 0.2) is 54.9 Å². The summed E-state index contributed by atoms with van der Waals surface area (Å²) in [6.07, 6.45) is 3.43. The quantitative estimate of drug-likeness (QED) is 0.311. The van der Waals surface area contributed by atoms with Crippen molar-refractivity contribution >= 4 is 17.3 Å². The molecular formula is C23H19ClN4O2. The van der Waals surface area contributed by atoms with Gasteiger partial charge in [0, 0.05) is 45.2 Å². The van der Waals surface area contributed by atoms with Crippen LogP contribution in [0.25, 0.3) is 33.9 Å². The van der Waals surface area contributed by atoms with Crippen molar-refractivity contribution < 1.29 is 4.92 Å². The minimum atomic E-state index is -0.333. The number of nitrogens with zero attached hydrogens (tertiary/aromatic N) is 3. The van der Waals surface area contributed by atoms with Crippen LogP contribution >= 0.6 is 11.6 Å². The zero-order valence-corrected chi connectivity index (χ0v) is 17.5. The van der Waals surface area contributed by atoms with Crippen molar-refractivity contribution in [2.24, 2.45) is 0 Å². The molecule has 0 atom stereocenters. The fraction of sp³-hybridized carbons (Fsp3) is 0.130. The predicted octanol–water partition coefficient (Wildman–Crippen LogP) is 6.29. The van der Waals surface area contributed by atoms with Gasteiger partial charge in [0.2, 0.25) is 0 Å². The Morgan fingerprint density at radius 3 is 2.27 bits per heavy atom. The van der Waals surface area contributed by atoms with Crippen molar-refractivity contribution in [2.75, 3.05) is 0 Å². The smallest absolute Gasteiger partial charge is 0.275 e. The third kappa shape index (κ3) is 3.46. The maximum absolute atomic E-state index is 11.6. The van der Waals surface area contributed by atoms with Crippen molar-refractivity contribution in [3.05, 3.63) is 86.7 Å². The van der Waals surface area contributed by atoms with Gasteiger partial charge in [-0.05, 0) is 56.7 Å². The number of benzene rings is 2. The second-order valence-corrected chi connectivity index (χ2v) is 7.60. The maximum atomic E-state index is 11.6. The molecule has 0 unspecified atom stereocenters. The van der Waals surface area contributed by atoms with Crippen molar-refractivity contribution in [3.8, 4) is 33.9 Å². The molecule has 6 nitrogen and oxygen atoms in total. The van der Waals surface area contributed by atoms with Crippen LogP contribution in [0.5, 0.6) is 0 Å². The van der Waals surface area contributed by atoms with Crippen LogP contribution in [0, 0.1) is 30.9 Å². The summed E-state index contributed by atoms with van der Waals surface area (Å²) in [6, 6.07) is 13.1. The van der Waals surface area contributed by atoms with Crippen LogP contribution in [0.4, 0.5) is 5.69 Å². The number of nitro benzene ring substituents is 1. The van der Waals surface area contributed by atoms with Crippen LogP contribution in [-0.4, -0.2) is 19.9 Å². The first kappa shape index (κ1) is 19.8. The molecule has 0 aliphatic rings. The van der Waals surface area contributed by atoms with Crippen LogP contribution < -0.4 is 0 Å². The summed E-state index contributed by atoms with van der Waals surface area (Å²) in [5, 5.41) is 12.3. The Kier molecular flexibility index (Phi) is 5.10. The van der Waals surface area contributed by atoms with Gasteiger partial charge >= 0.3 is 0 Å². The van der Waals surface area contributed by atoms with Gasteiger partial charge < -0.3 is 4.98 Å². The van der Waals surface area contributed by atoms with Crippen molar-refractivity contribution in [3.63, 3.8) is 0 Å². The molecule has 0 bridgehead atoms. The number of hydrogen-bond donors (Lipinski definition) is 1. The van der Waals surface area contributed by atoms with E-state index < -0.39 is 0 Å². The first-order valence-corrected chi connectivity index (χ1v) is 9.76. The number of H-pyrrole nitrogens is 1. The zero-order chi connectivity index (χ0) is 21.4. The van der Waals surface area contributed by atoms with E-state index in [-0.39, 0.29) is 10.6 Å². The van der Waals surface area contributed by atoms with Gasteiger partial charge in [-0.1, -0.05) is 23.7 Å². The summed E-state index contributed by atoms with van der Waals surface area (Å²) >= 11 is 6.06. The highest BCUT2D eigenvalue weighted by atomic mass is 35.5. The minimum absolute atomic E-state index is 0.116. The van der Waals surface area contributed by atoms with E-state index >= 15 is 0 Å². The topological polar surface area (TPSA) is 84.7 Å². The number of nitrogens with one attached hydrogen (secondary N) is 1. The third-order valence-corrected chi connectivity index (χ3v) is 5.39. The van der Waals surface area contributed by atoms with Gasteiger partial charge in [0.1, 0.15) is 5.82 Å². The molecule has 0 amide bonds. The third-order valence-electron chi connectivity index (χ3n) is 5.14. The van der Waals surface area contributed by atoms with Crippen LogP contribution in [0.1, 0.15) is 16.7 Å². The Morgan fingerprint density at radius 2 is 1.63 bits per heavy atom. The lowest BCUT2D eigenvalue weighted by Gasteiger charge is -2.10. The molecular weight excluding hydrogens is 400 g/mol. The lowest BCUT2D eigenvalue weighted by Crippen LogP contribution is -2.00. The molecule has 0 fully saturated rings. The number of halogens is 1. The molecule has 0 aliphatic carbocycles. The highest BCUT2D eigenvalue weighted by molar-refractivity contribution is 6.30. The summed E-state index contributed by atoms with van der Waals surface area (Å²) < 4.78 is 0. The molecule has 7 heteroatoms. The molecule has 2 aromatic heterocycles. The fourth-order valence-electron chi connectivity index (χ4n) is 3.86. The number of aromatic amines is 1. The number of nitro groups is 1. The van der Waals surface area contributed by atoms with E-state index in [1.54, 1.807) is 26.2 Å². The zero-order valence-electron chi connectivity index (χ0n) is 16.7. The number of aromatic nitrogens is 3. The van der Waals surface area contributed by atoms with Gasteiger partial charge in [-0.15, -0.1) is 0 Å². The Morgan fingerprint density at radius 1 is 0.967 bits per heavy atom. The number of pyridine rings is 1. The molecule has 0 saturated heterocycles. The first-order chi connectivity index (χ1) is 14.4. The van der Waals surface area contributed by atoms with Gasteiger partial charge in [0.15, 0.2) is 0 Å². The number of imidazole rings is 1. The van der Waals surface area contributed by atoms with Gasteiger partial charge in [0.05, 0.1) is 16.3 Å². The molecule has 2 heterocycles. The van der Waals surface area contributed by atoms with E-state index in [1.165, 1.54) is 0 Å². The lowest BCUT2D eigenvalue weighted by atomic mass is 9.97. The Balaban J connectivity index is 1.99. The van der Waals surface area contributed by atoms with Crippen LogP contribution in [0.3, 0.4) is 0 Å².